The Morgan fingerprint density at radius 2 is 0.984 bits per heavy atom. The van der Waals surface area contributed by atoms with Crippen molar-refractivity contribution in [3.8, 4) is 17.2 Å². The van der Waals surface area contributed by atoms with Gasteiger partial charge in [0.1, 0.15) is 47.7 Å². The first-order valence-corrected chi connectivity index (χ1v) is 23.5. The molecule has 8 nitrogen and oxygen atoms in total. The predicted molar refractivity (Wildman–Crippen MR) is 253 cm³/mol. The molecule has 0 saturated carbocycles. The fourth-order valence-corrected chi connectivity index (χ4v) is 11.7. The van der Waals surface area contributed by atoms with Crippen molar-refractivity contribution in [1.29, 1.82) is 0 Å². The third-order valence-electron chi connectivity index (χ3n) is 10.5. The topological polar surface area (TPSA) is 77.5 Å². The normalized spacial score (nSPS) is 11.2. The summed E-state index contributed by atoms with van der Waals surface area (Å²) in [5.41, 5.74) is 1.38. The van der Waals surface area contributed by atoms with Gasteiger partial charge in [0, 0.05) is 32.7 Å². The van der Waals surface area contributed by atoms with Gasteiger partial charge in [-0.05, 0) is 99.7 Å². The van der Waals surface area contributed by atoms with Crippen molar-refractivity contribution >= 4 is 35.4 Å². The van der Waals surface area contributed by atoms with Crippen LogP contribution in [0.3, 0.4) is 0 Å². The number of carbonyl (C=O) groups is 2. The molecule has 0 radical (unpaired) electrons. The molecule has 6 aromatic rings. The number of amides is 2. The van der Waals surface area contributed by atoms with Crippen LogP contribution in [0.4, 0.5) is 9.59 Å². The highest BCUT2D eigenvalue weighted by molar-refractivity contribution is 7.95. The lowest BCUT2D eigenvalue weighted by Gasteiger charge is -2.28. The number of benzene rings is 6. The maximum absolute atomic E-state index is 14.0. The molecule has 6 rings (SSSR count). The number of hydrogen-bond acceptors (Lipinski definition) is 6. The van der Waals surface area contributed by atoms with Crippen LogP contribution in [0.25, 0.3) is 0 Å². The molecule has 330 valence electrons. The van der Waals surface area contributed by atoms with E-state index in [0.717, 1.165) is 43.0 Å². The van der Waals surface area contributed by atoms with Gasteiger partial charge in [-0.1, -0.05) is 122 Å². The Bertz CT molecular complexity index is 2170. The first-order chi connectivity index (χ1) is 30.1. The SMILES string of the molecule is CN(CCN(CCCCCC[P+](c1ccccc1)(c1ccccc1)c1ccccc1)C(=O)Oc1ccc(OCc2ccccc2)c(OCc2ccccc2)c1)C(=O)OC(C)(C)C.[Br-]. The molecule has 0 heterocycles. The zero-order valence-corrected chi connectivity index (χ0v) is 39.4. The summed E-state index contributed by atoms with van der Waals surface area (Å²) in [6.07, 6.45) is 3.82. The van der Waals surface area contributed by atoms with Gasteiger partial charge in [-0.2, -0.15) is 0 Å². The molecular formula is C53H60BrN2O6P. The third-order valence-corrected chi connectivity index (χ3v) is 15.1. The van der Waals surface area contributed by atoms with Crippen molar-refractivity contribution in [2.24, 2.45) is 0 Å². The largest absolute Gasteiger partial charge is 1.00 e. The number of unbranched alkanes of at least 4 members (excludes halogenated alkanes) is 3. The zero-order chi connectivity index (χ0) is 43.6. The van der Waals surface area contributed by atoms with Crippen molar-refractivity contribution in [1.82, 2.24) is 9.80 Å². The summed E-state index contributed by atoms with van der Waals surface area (Å²) >= 11 is 0. The van der Waals surface area contributed by atoms with E-state index in [4.69, 9.17) is 18.9 Å². The van der Waals surface area contributed by atoms with Crippen LogP contribution in [0, 0.1) is 0 Å². The second kappa shape index (κ2) is 24.3. The van der Waals surface area contributed by atoms with Crippen LogP contribution in [0.5, 0.6) is 17.2 Å². The molecule has 0 aliphatic carbocycles. The summed E-state index contributed by atoms with van der Waals surface area (Å²) in [6, 6.07) is 57.9. The molecule has 63 heavy (non-hydrogen) atoms. The van der Waals surface area contributed by atoms with E-state index in [2.05, 4.69) is 91.0 Å². The van der Waals surface area contributed by atoms with E-state index in [1.54, 1.807) is 30.1 Å². The first-order valence-electron chi connectivity index (χ1n) is 21.5. The van der Waals surface area contributed by atoms with Gasteiger partial charge < -0.3 is 45.7 Å². The van der Waals surface area contributed by atoms with Gasteiger partial charge in [0.25, 0.3) is 0 Å². The van der Waals surface area contributed by atoms with Gasteiger partial charge in [0.2, 0.25) is 0 Å². The smallest absolute Gasteiger partial charge is 0.415 e. The summed E-state index contributed by atoms with van der Waals surface area (Å²) in [7, 11) is -0.242. The molecule has 0 aromatic heterocycles. The van der Waals surface area contributed by atoms with Gasteiger partial charge in [-0.15, -0.1) is 0 Å². The Kier molecular flexibility index (Phi) is 18.7. The molecule has 0 bridgehead atoms. The minimum atomic E-state index is -1.93. The van der Waals surface area contributed by atoms with Crippen LogP contribution in [0.15, 0.2) is 170 Å². The van der Waals surface area contributed by atoms with Crippen molar-refractivity contribution in [2.75, 3.05) is 32.8 Å². The number of likely N-dealkylation sites (N-methyl/N-ethyl adjacent to an activating group) is 1. The molecule has 0 unspecified atom stereocenters. The minimum absolute atomic E-state index is 0. The molecule has 6 aromatic carbocycles. The van der Waals surface area contributed by atoms with E-state index < -0.39 is 25.1 Å². The Morgan fingerprint density at radius 3 is 1.48 bits per heavy atom. The fourth-order valence-electron chi connectivity index (χ4n) is 7.30. The summed E-state index contributed by atoms with van der Waals surface area (Å²) < 4.78 is 24.1. The quantitative estimate of drug-likeness (QED) is 0.0570. The minimum Gasteiger partial charge on any atom is -1.00 e. The lowest BCUT2D eigenvalue weighted by Crippen LogP contribution is -3.00. The maximum Gasteiger partial charge on any atom is 0.415 e. The van der Waals surface area contributed by atoms with Crippen LogP contribution >= 0.6 is 7.26 Å². The van der Waals surface area contributed by atoms with Crippen molar-refractivity contribution < 1.29 is 45.5 Å². The summed E-state index contributed by atoms with van der Waals surface area (Å²) in [5.74, 6) is 1.34. The number of halogens is 1. The zero-order valence-electron chi connectivity index (χ0n) is 36.9. The van der Waals surface area contributed by atoms with Crippen LogP contribution < -0.4 is 47.1 Å². The Morgan fingerprint density at radius 1 is 0.524 bits per heavy atom. The van der Waals surface area contributed by atoms with Gasteiger partial charge in [0.05, 0.1) is 6.16 Å². The number of rotatable bonds is 20. The van der Waals surface area contributed by atoms with Crippen molar-refractivity contribution in [2.45, 2.75) is 65.3 Å². The van der Waals surface area contributed by atoms with Crippen molar-refractivity contribution in [3.05, 3.63) is 181 Å². The molecule has 0 fully saturated rings. The maximum atomic E-state index is 14.0. The predicted octanol–water partition coefficient (Wildman–Crippen LogP) is 8.07. The molecule has 2 amide bonds. The van der Waals surface area contributed by atoms with E-state index in [0.29, 0.717) is 37.0 Å². The van der Waals surface area contributed by atoms with E-state index in [9.17, 15) is 9.59 Å². The molecule has 0 aliphatic heterocycles. The first kappa shape index (κ1) is 48.4. The van der Waals surface area contributed by atoms with Gasteiger partial charge in [-0.3, -0.25) is 0 Å². The number of ether oxygens (including phenoxy) is 4. The Hall–Kier alpha value is -5.63. The second-order valence-electron chi connectivity index (χ2n) is 16.4. The van der Waals surface area contributed by atoms with Gasteiger partial charge >= 0.3 is 12.2 Å². The van der Waals surface area contributed by atoms with E-state index in [1.165, 1.54) is 20.8 Å². The number of carbonyl (C=O) groups excluding carboxylic acids is 2. The van der Waals surface area contributed by atoms with Gasteiger partial charge in [-0.25, -0.2) is 9.59 Å². The molecule has 10 heteroatoms. The fraction of sp³-hybridized carbons (Fsp3) is 0.283. The average molecular weight is 932 g/mol. The molecule has 0 spiro atoms. The highest BCUT2D eigenvalue weighted by Gasteiger charge is 2.44. The standard InChI is InChI=1S/C53H60N2O6P.BrH/c1-53(2,3)61-51(56)54(4)37-38-55(36-22-5-6-23-39-62(46-28-16-9-17-29-46,47-30-18-10-19-31-47)48-32-20-11-21-33-48)52(57)60-45-34-35-49(58-41-43-24-12-7-13-25-43)50(40-45)59-42-44-26-14-8-15-27-44;/h7-21,24-35,40H,5-6,22-23,36-39,41-42H2,1-4H3;1H/q+1;/p-1. The molecule has 0 atom stereocenters. The molecule has 0 N–H and O–H groups in total. The summed E-state index contributed by atoms with van der Waals surface area (Å²) in [6.45, 7) is 7.20. The molecule has 0 aliphatic rings. The van der Waals surface area contributed by atoms with Gasteiger partial charge in [0.15, 0.2) is 11.5 Å². The van der Waals surface area contributed by atoms with Crippen LogP contribution in [-0.4, -0.2) is 60.4 Å². The number of hydrogen-bond donors (Lipinski definition) is 0. The van der Waals surface area contributed by atoms with E-state index in [-0.39, 0.29) is 30.1 Å². The third kappa shape index (κ3) is 14.5. The lowest BCUT2D eigenvalue weighted by atomic mass is 10.2. The average Bonchev–Trinajstić information content (AvgIpc) is 3.29. The summed E-state index contributed by atoms with van der Waals surface area (Å²) in [5, 5.41) is 4.14. The lowest BCUT2D eigenvalue weighted by molar-refractivity contribution is -0.0000497. The van der Waals surface area contributed by atoms with Crippen LogP contribution in [0.1, 0.15) is 57.6 Å². The second-order valence-corrected chi connectivity index (χ2v) is 20.0. The number of nitrogens with zero attached hydrogens (tertiary/aromatic N) is 2. The molecule has 0 saturated heterocycles. The van der Waals surface area contributed by atoms with Crippen LogP contribution in [-0.2, 0) is 18.0 Å². The molecular weight excluding hydrogens is 871 g/mol. The van der Waals surface area contributed by atoms with Crippen molar-refractivity contribution in [3.63, 3.8) is 0 Å². The van der Waals surface area contributed by atoms with E-state index >= 15 is 0 Å². The highest BCUT2D eigenvalue weighted by Crippen LogP contribution is 2.56. The highest BCUT2D eigenvalue weighted by atomic mass is 79.9. The van der Waals surface area contributed by atoms with E-state index in [1.807, 2.05) is 81.4 Å². The summed E-state index contributed by atoms with van der Waals surface area (Å²) in [4.78, 5) is 30.1. The monoisotopic (exact) mass is 930 g/mol. The Labute approximate surface area is 385 Å². The van der Waals surface area contributed by atoms with Crippen LogP contribution in [0.2, 0.25) is 0 Å². The Balaban J connectivity index is 0.00000748.